The molecule has 0 radical (unpaired) electrons. The van der Waals surface area contributed by atoms with E-state index >= 15 is 0 Å². The number of amides is 1. The van der Waals surface area contributed by atoms with Crippen molar-refractivity contribution in [3.05, 3.63) is 34.2 Å². The molecule has 0 N–H and O–H groups in total. The van der Waals surface area contributed by atoms with Crippen molar-refractivity contribution >= 4 is 23.5 Å². The lowest BCUT2D eigenvalue weighted by molar-refractivity contribution is -0.116. The Morgan fingerprint density at radius 3 is 2.59 bits per heavy atom. The first kappa shape index (κ1) is 10.9. The highest BCUT2D eigenvalue weighted by molar-refractivity contribution is 6.18. The molecular formula is C10H6N2O5. The van der Waals surface area contributed by atoms with Crippen LogP contribution in [0.2, 0.25) is 0 Å². The van der Waals surface area contributed by atoms with Gasteiger partial charge in [-0.25, -0.2) is 9.59 Å². The van der Waals surface area contributed by atoms with Crippen LogP contribution < -0.4 is 5.01 Å². The second-order valence-corrected chi connectivity index (χ2v) is 3.29. The van der Waals surface area contributed by atoms with E-state index in [4.69, 9.17) is 0 Å². The first-order valence-electron chi connectivity index (χ1n) is 4.59. The molecule has 1 aliphatic heterocycles. The monoisotopic (exact) mass is 234 g/mol. The average molecular weight is 234 g/mol. The first-order chi connectivity index (χ1) is 8.06. The summed E-state index contributed by atoms with van der Waals surface area (Å²) in [7, 11) is 0. The average Bonchev–Trinajstić information content (AvgIpc) is 2.56. The lowest BCUT2D eigenvalue weighted by atomic mass is 10.1. The minimum atomic E-state index is -0.893. The number of esters is 2. The van der Waals surface area contributed by atoms with E-state index in [0.717, 1.165) is 6.92 Å². The molecule has 0 unspecified atom stereocenters. The predicted octanol–water partition coefficient (Wildman–Crippen LogP) is 1.03. The summed E-state index contributed by atoms with van der Waals surface area (Å²) < 4.78 is 4.39. The summed E-state index contributed by atoms with van der Waals surface area (Å²) in [5, 5.41) is 3.01. The van der Waals surface area contributed by atoms with Crippen molar-refractivity contribution in [2.45, 2.75) is 6.92 Å². The number of nitrogens with zero attached hydrogens (tertiary/aromatic N) is 2. The molecule has 7 heteroatoms. The number of hydrogen-bond acceptors (Lipinski definition) is 6. The van der Waals surface area contributed by atoms with Gasteiger partial charge in [0.15, 0.2) is 0 Å². The summed E-state index contributed by atoms with van der Waals surface area (Å²) in [5.41, 5.74) is -0.157. The minimum Gasteiger partial charge on any atom is -0.386 e. The van der Waals surface area contributed by atoms with Crippen molar-refractivity contribution in [1.29, 1.82) is 0 Å². The molecule has 0 atom stereocenters. The van der Waals surface area contributed by atoms with Crippen molar-refractivity contribution in [3.8, 4) is 0 Å². The van der Waals surface area contributed by atoms with Crippen molar-refractivity contribution < 1.29 is 19.1 Å². The molecule has 1 amide bonds. The maximum absolute atomic E-state index is 11.4. The lowest BCUT2D eigenvalue weighted by Crippen LogP contribution is -2.23. The number of benzene rings is 1. The first-order valence-corrected chi connectivity index (χ1v) is 4.59. The van der Waals surface area contributed by atoms with Crippen LogP contribution in [0.15, 0.2) is 23.5 Å². The summed E-state index contributed by atoms with van der Waals surface area (Å²) in [5.74, 6) is -2.36. The van der Waals surface area contributed by atoms with Crippen LogP contribution in [0.3, 0.4) is 0 Å². The Labute approximate surface area is 94.9 Å². The van der Waals surface area contributed by atoms with E-state index in [-0.39, 0.29) is 16.8 Å². The van der Waals surface area contributed by atoms with Gasteiger partial charge in [0.05, 0.1) is 16.5 Å². The summed E-state index contributed by atoms with van der Waals surface area (Å²) in [4.78, 5) is 44.4. The van der Waals surface area contributed by atoms with E-state index in [2.05, 4.69) is 10.0 Å². The molecule has 1 heterocycles. The smallest absolute Gasteiger partial charge is 0.349 e. The fourth-order valence-corrected chi connectivity index (χ4v) is 1.56. The second kappa shape index (κ2) is 3.78. The minimum absolute atomic E-state index is 0.0161. The van der Waals surface area contributed by atoms with Gasteiger partial charge in [-0.1, -0.05) is 6.07 Å². The van der Waals surface area contributed by atoms with Crippen LogP contribution >= 0.6 is 0 Å². The number of carbonyl (C=O) groups is 3. The Hall–Kier alpha value is -2.57. The standard InChI is InChI=1S/C10H6N2O5/c1-5(13)12(11-16)7-4-2-3-6-8(7)10(15)17-9(6)14/h2-4H,1H3. The topological polar surface area (TPSA) is 93.1 Å². The van der Waals surface area contributed by atoms with Crippen LogP contribution in [0.25, 0.3) is 0 Å². The number of nitroso groups, excluding NO2 is 1. The maximum Gasteiger partial charge on any atom is 0.349 e. The third-order valence-corrected chi connectivity index (χ3v) is 2.26. The van der Waals surface area contributed by atoms with Crippen LogP contribution in [0.4, 0.5) is 5.69 Å². The van der Waals surface area contributed by atoms with Crippen LogP contribution in [-0.4, -0.2) is 17.8 Å². The highest BCUT2D eigenvalue weighted by Crippen LogP contribution is 2.30. The molecule has 1 aromatic carbocycles. The van der Waals surface area contributed by atoms with Crippen LogP contribution in [0.5, 0.6) is 0 Å². The number of hydrogen-bond donors (Lipinski definition) is 0. The van der Waals surface area contributed by atoms with Gasteiger partial charge in [-0.2, -0.15) is 5.01 Å². The van der Waals surface area contributed by atoms with Gasteiger partial charge in [0.2, 0.25) is 5.91 Å². The Bertz CT molecular complexity index is 552. The van der Waals surface area contributed by atoms with Gasteiger partial charge >= 0.3 is 11.9 Å². The number of cyclic esters (lactones) is 2. The third-order valence-electron chi connectivity index (χ3n) is 2.26. The van der Waals surface area contributed by atoms with E-state index in [0.29, 0.717) is 5.01 Å². The zero-order valence-corrected chi connectivity index (χ0v) is 8.67. The zero-order chi connectivity index (χ0) is 12.6. The third kappa shape index (κ3) is 1.57. The lowest BCUT2D eigenvalue weighted by Gasteiger charge is -2.12. The van der Waals surface area contributed by atoms with Gasteiger partial charge < -0.3 is 4.74 Å². The van der Waals surface area contributed by atoms with E-state index in [1.54, 1.807) is 0 Å². The van der Waals surface area contributed by atoms with E-state index in [1.807, 2.05) is 0 Å². The summed E-state index contributed by atoms with van der Waals surface area (Å²) in [6.07, 6.45) is 0. The maximum atomic E-state index is 11.4. The largest absolute Gasteiger partial charge is 0.386 e. The number of anilines is 1. The van der Waals surface area contributed by atoms with Crippen LogP contribution in [0, 0.1) is 4.91 Å². The quantitative estimate of drug-likeness (QED) is 0.329. The molecule has 0 aliphatic carbocycles. The van der Waals surface area contributed by atoms with Gasteiger partial charge in [-0.05, 0) is 12.1 Å². The molecule has 17 heavy (non-hydrogen) atoms. The van der Waals surface area contributed by atoms with Gasteiger partial charge in [0.1, 0.15) is 5.56 Å². The van der Waals surface area contributed by atoms with Crippen molar-refractivity contribution in [2.75, 3.05) is 5.01 Å². The molecule has 0 saturated carbocycles. The second-order valence-electron chi connectivity index (χ2n) is 3.29. The van der Waals surface area contributed by atoms with Gasteiger partial charge in [0, 0.05) is 6.92 Å². The van der Waals surface area contributed by atoms with E-state index in [9.17, 15) is 19.3 Å². The molecule has 0 aromatic heterocycles. The molecular weight excluding hydrogens is 228 g/mol. The molecule has 7 nitrogen and oxygen atoms in total. The Balaban J connectivity index is 2.65. The summed E-state index contributed by atoms with van der Waals surface area (Å²) in [6.45, 7) is 1.11. The molecule has 0 saturated heterocycles. The number of rotatable bonds is 2. The highest BCUT2D eigenvalue weighted by atomic mass is 16.6. The molecule has 0 spiro atoms. The van der Waals surface area contributed by atoms with Gasteiger partial charge in [-0.15, -0.1) is 4.91 Å². The molecule has 1 aliphatic rings. The SMILES string of the molecule is CC(=O)N(N=O)c1cccc2c1C(=O)OC2=O. The molecule has 0 bridgehead atoms. The molecule has 1 aromatic rings. The van der Waals surface area contributed by atoms with E-state index < -0.39 is 17.8 Å². The number of fused-ring (bicyclic) bond motifs is 1. The molecule has 86 valence electrons. The van der Waals surface area contributed by atoms with Crippen molar-refractivity contribution in [3.63, 3.8) is 0 Å². The normalized spacial score (nSPS) is 13.0. The van der Waals surface area contributed by atoms with Gasteiger partial charge in [-0.3, -0.25) is 4.79 Å². The molecule has 2 rings (SSSR count). The summed E-state index contributed by atoms with van der Waals surface area (Å²) in [6, 6.07) is 4.13. The fourth-order valence-electron chi connectivity index (χ4n) is 1.56. The van der Waals surface area contributed by atoms with Crippen molar-refractivity contribution in [2.24, 2.45) is 5.29 Å². The fraction of sp³-hybridized carbons (Fsp3) is 0.100. The van der Waals surface area contributed by atoms with Gasteiger partial charge in [0.25, 0.3) is 0 Å². The Morgan fingerprint density at radius 2 is 2.00 bits per heavy atom. The summed E-state index contributed by atoms with van der Waals surface area (Å²) >= 11 is 0. The highest BCUT2D eigenvalue weighted by Gasteiger charge is 2.34. The van der Waals surface area contributed by atoms with E-state index in [1.165, 1.54) is 18.2 Å². The molecule has 0 fully saturated rings. The Morgan fingerprint density at radius 1 is 1.29 bits per heavy atom. The predicted molar refractivity (Wildman–Crippen MR) is 55.1 cm³/mol. The zero-order valence-electron chi connectivity index (χ0n) is 8.67. The van der Waals surface area contributed by atoms with Crippen LogP contribution in [-0.2, 0) is 9.53 Å². The van der Waals surface area contributed by atoms with Crippen molar-refractivity contribution in [1.82, 2.24) is 0 Å². The van der Waals surface area contributed by atoms with Crippen LogP contribution in [0.1, 0.15) is 27.6 Å². The number of carbonyl (C=O) groups excluding carboxylic acids is 3. The number of ether oxygens (including phenoxy) is 1. The Kier molecular flexibility index (Phi) is 2.43.